The van der Waals surface area contributed by atoms with Crippen LogP contribution in [0.25, 0.3) is 0 Å². The maximum Gasteiger partial charge on any atom is 0.203 e. The van der Waals surface area contributed by atoms with Crippen molar-refractivity contribution in [2.24, 2.45) is 0 Å². The van der Waals surface area contributed by atoms with Crippen LogP contribution in [0.5, 0.6) is 0 Å². The van der Waals surface area contributed by atoms with Gasteiger partial charge in [0.2, 0.25) is 5.13 Å². The van der Waals surface area contributed by atoms with Gasteiger partial charge in [0.25, 0.3) is 0 Å². The largest absolute Gasteiger partial charge is 0.394 e. The van der Waals surface area contributed by atoms with E-state index in [0.29, 0.717) is 5.13 Å². The predicted octanol–water partition coefficient (Wildman–Crippen LogP) is -0.382. The first-order valence-electron chi connectivity index (χ1n) is 5.13. The smallest absolute Gasteiger partial charge is 0.203 e. The topological polar surface area (TPSA) is 98.5 Å². The van der Waals surface area contributed by atoms with Gasteiger partial charge in [-0.15, -0.1) is 0 Å². The molecule has 0 radical (unpaired) electrons. The lowest BCUT2D eigenvalue weighted by molar-refractivity contribution is 0.0833. The Morgan fingerprint density at radius 2 is 1.88 bits per heavy atom. The molecule has 6 nitrogen and oxygen atoms in total. The molecule has 0 aliphatic heterocycles. The fourth-order valence-corrected chi connectivity index (χ4v) is 1.86. The molecular weight excluding hydrogens is 230 g/mol. The Bertz CT molecular complexity index is 306. The highest BCUT2D eigenvalue weighted by atomic mass is 32.1. The van der Waals surface area contributed by atoms with Gasteiger partial charge in [0, 0.05) is 18.0 Å². The van der Waals surface area contributed by atoms with Crippen molar-refractivity contribution in [3.63, 3.8) is 0 Å². The maximum atomic E-state index is 9.12. The molecule has 0 spiro atoms. The minimum absolute atomic E-state index is 0.372. The molecule has 16 heavy (non-hydrogen) atoms. The van der Waals surface area contributed by atoms with Crippen LogP contribution in [0.2, 0.25) is 0 Å². The Kier molecular flexibility index (Phi) is 5.07. The number of hydrogen-bond acceptors (Lipinski definition) is 7. The van der Waals surface area contributed by atoms with Crippen molar-refractivity contribution in [3.8, 4) is 0 Å². The van der Waals surface area contributed by atoms with Crippen LogP contribution in [0.1, 0.15) is 19.2 Å². The second-order valence-electron chi connectivity index (χ2n) is 3.65. The summed E-state index contributed by atoms with van der Waals surface area (Å²) in [6, 6.07) is 0. The molecule has 1 rings (SSSR count). The average Bonchev–Trinajstić information content (AvgIpc) is 2.74. The Balaban J connectivity index is 2.69. The van der Waals surface area contributed by atoms with Crippen LogP contribution in [-0.2, 0) is 6.42 Å². The molecular formula is C9H17N3O3S. The number of aliphatic hydroxyl groups is 3. The summed E-state index contributed by atoms with van der Waals surface area (Å²) in [4.78, 5) is 4.19. The highest BCUT2D eigenvalue weighted by molar-refractivity contribution is 7.09. The van der Waals surface area contributed by atoms with Crippen LogP contribution in [0.3, 0.4) is 0 Å². The highest BCUT2D eigenvalue weighted by Gasteiger charge is 2.28. The van der Waals surface area contributed by atoms with Gasteiger partial charge in [0.15, 0.2) is 0 Å². The highest BCUT2D eigenvalue weighted by Crippen LogP contribution is 2.17. The standard InChI is InChI=1S/C9H17N3O3S/c1-2-3-7-10-8(16-12-7)11-9(4-13,5-14)6-15/h13-15H,2-6H2,1H3,(H,10,11,12). The summed E-state index contributed by atoms with van der Waals surface area (Å²) in [5.41, 5.74) is -1.14. The van der Waals surface area contributed by atoms with E-state index < -0.39 is 5.54 Å². The van der Waals surface area contributed by atoms with Crippen molar-refractivity contribution < 1.29 is 15.3 Å². The van der Waals surface area contributed by atoms with E-state index in [-0.39, 0.29) is 19.8 Å². The van der Waals surface area contributed by atoms with E-state index in [2.05, 4.69) is 14.7 Å². The first kappa shape index (κ1) is 13.3. The second-order valence-corrected chi connectivity index (χ2v) is 4.40. The first-order chi connectivity index (χ1) is 7.69. The zero-order valence-corrected chi connectivity index (χ0v) is 10.00. The number of nitrogens with one attached hydrogen (secondary N) is 1. The molecule has 92 valence electrons. The van der Waals surface area contributed by atoms with Gasteiger partial charge < -0.3 is 20.6 Å². The number of aliphatic hydroxyl groups excluding tert-OH is 3. The van der Waals surface area contributed by atoms with Crippen LogP contribution in [0.4, 0.5) is 5.13 Å². The molecule has 0 saturated heterocycles. The summed E-state index contributed by atoms with van der Waals surface area (Å²) in [7, 11) is 0. The van der Waals surface area contributed by atoms with E-state index in [1.54, 1.807) is 0 Å². The second kappa shape index (κ2) is 6.09. The summed E-state index contributed by atoms with van der Waals surface area (Å²) >= 11 is 1.16. The van der Waals surface area contributed by atoms with Gasteiger partial charge in [-0.3, -0.25) is 0 Å². The lowest BCUT2D eigenvalue weighted by atomic mass is 10.0. The molecule has 0 aromatic carbocycles. The number of aromatic nitrogens is 2. The van der Waals surface area contributed by atoms with Crippen molar-refractivity contribution in [1.29, 1.82) is 0 Å². The fraction of sp³-hybridized carbons (Fsp3) is 0.778. The maximum absolute atomic E-state index is 9.12. The quantitative estimate of drug-likeness (QED) is 0.524. The zero-order valence-electron chi connectivity index (χ0n) is 9.18. The van der Waals surface area contributed by atoms with Crippen molar-refractivity contribution in [1.82, 2.24) is 9.36 Å². The third-order valence-corrected chi connectivity index (χ3v) is 2.89. The molecule has 1 aromatic heterocycles. The average molecular weight is 247 g/mol. The van der Waals surface area contributed by atoms with Gasteiger partial charge in [-0.05, 0) is 6.42 Å². The van der Waals surface area contributed by atoms with Crippen molar-refractivity contribution >= 4 is 16.7 Å². The van der Waals surface area contributed by atoms with Crippen molar-refractivity contribution in [3.05, 3.63) is 5.82 Å². The van der Waals surface area contributed by atoms with E-state index in [1.165, 1.54) is 0 Å². The molecule has 1 aromatic rings. The van der Waals surface area contributed by atoms with E-state index in [1.807, 2.05) is 6.92 Å². The van der Waals surface area contributed by atoms with Crippen LogP contribution < -0.4 is 5.32 Å². The van der Waals surface area contributed by atoms with E-state index in [9.17, 15) is 0 Å². The molecule has 0 aliphatic carbocycles. The molecule has 4 N–H and O–H groups in total. The Morgan fingerprint density at radius 1 is 1.25 bits per heavy atom. The predicted molar refractivity (Wildman–Crippen MR) is 61.5 cm³/mol. The fourth-order valence-electron chi connectivity index (χ4n) is 1.13. The number of hydrogen-bond donors (Lipinski definition) is 4. The Hall–Kier alpha value is -0.760. The summed E-state index contributed by atoms with van der Waals surface area (Å²) < 4.78 is 4.12. The molecule has 0 atom stereocenters. The minimum Gasteiger partial charge on any atom is -0.394 e. The van der Waals surface area contributed by atoms with Crippen LogP contribution in [0, 0.1) is 0 Å². The van der Waals surface area contributed by atoms with E-state index in [4.69, 9.17) is 15.3 Å². The summed E-state index contributed by atoms with van der Waals surface area (Å²) in [6.45, 7) is 0.918. The monoisotopic (exact) mass is 247 g/mol. The SMILES string of the molecule is CCCc1nsc(NC(CO)(CO)CO)n1. The Morgan fingerprint density at radius 3 is 2.38 bits per heavy atom. The number of rotatable bonds is 7. The first-order valence-corrected chi connectivity index (χ1v) is 5.90. The Labute approximate surface area is 98.1 Å². The molecule has 0 amide bonds. The van der Waals surface area contributed by atoms with Gasteiger partial charge in [0.05, 0.1) is 19.8 Å². The number of nitrogens with zero attached hydrogens (tertiary/aromatic N) is 2. The van der Waals surface area contributed by atoms with Gasteiger partial charge >= 0.3 is 0 Å². The molecule has 0 bridgehead atoms. The lowest BCUT2D eigenvalue weighted by Crippen LogP contribution is -2.49. The third kappa shape index (κ3) is 3.11. The summed E-state index contributed by atoms with van der Waals surface area (Å²) in [5.74, 6) is 0.734. The third-order valence-electron chi connectivity index (χ3n) is 2.22. The summed E-state index contributed by atoms with van der Waals surface area (Å²) in [5, 5.41) is 30.7. The summed E-state index contributed by atoms with van der Waals surface area (Å²) in [6.07, 6.45) is 1.75. The molecule has 0 saturated carbocycles. The molecule has 0 unspecified atom stereocenters. The lowest BCUT2D eigenvalue weighted by Gasteiger charge is -2.27. The van der Waals surface area contributed by atoms with Crippen LogP contribution in [-0.4, -0.2) is 50.0 Å². The van der Waals surface area contributed by atoms with Crippen LogP contribution in [0.15, 0.2) is 0 Å². The number of aryl methyl sites for hydroxylation is 1. The molecule has 1 heterocycles. The number of anilines is 1. The van der Waals surface area contributed by atoms with Crippen molar-refractivity contribution in [2.45, 2.75) is 25.3 Å². The van der Waals surface area contributed by atoms with Crippen molar-refractivity contribution in [2.75, 3.05) is 25.1 Å². The van der Waals surface area contributed by atoms with E-state index >= 15 is 0 Å². The van der Waals surface area contributed by atoms with Crippen LogP contribution >= 0.6 is 11.5 Å². The molecule has 7 heteroatoms. The van der Waals surface area contributed by atoms with E-state index in [0.717, 1.165) is 30.2 Å². The minimum atomic E-state index is -1.14. The zero-order chi connectivity index (χ0) is 12.0. The van der Waals surface area contributed by atoms with Gasteiger partial charge in [-0.2, -0.15) is 4.37 Å². The normalized spacial score (nSPS) is 11.8. The van der Waals surface area contributed by atoms with Gasteiger partial charge in [0.1, 0.15) is 11.4 Å². The molecule has 0 aliphatic rings. The van der Waals surface area contributed by atoms with Gasteiger partial charge in [-0.25, -0.2) is 4.98 Å². The molecule has 0 fully saturated rings. The van der Waals surface area contributed by atoms with Gasteiger partial charge in [-0.1, -0.05) is 6.92 Å².